The van der Waals surface area contributed by atoms with E-state index in [1.54, 1.807) is 6.20 Å². The zero-order valence-corrected chi connectivity index (χ0v) is 5.57. The highest BCUT2D eigenvalue weighted by molar-refractivity contribution is 4.96. The van der Waals surface area contributed by atoms with Crippen molar-refractivity contribution in [2.24, 2.45) is 5.73 Å². The quantitative estimate of drug-likeness (QED) is 0.559. The van der Waals surface area contributed by atoms with Crippen molar-refractivity contribution in [3.8, 4) is 0 Å². The van der Waals surface area contributed by atoms with Gasteiger partial charge in [-0.15, -0.1) is 0 Å². The highest BCUT2D eigenvalue weighted by Crippen LogP contribution is 1.82. The number of hydrogen-bond acceptors (Lipinski definition) is 2. The van der Waals surface area contributed by atoms with Crippen LogP contribution in [-0.4, -0.2) is 13.1 Å². The molecule has 0 heterocycles. The van der Waals surface area contributed by atoms with Gasteiger partial charge in [-0.05, 0) is 25.2 Å². The topological polar surface area (TPSA) is 38.0 Å². The van der Waals surface area contributed by atoms with Crippen LogP contribution in [0.25, 0.3) is 0 Å². The fourth-order valence-corrected chi connectivity index (χ4v) is 0.381. The van der Waals surface area contributed by atoms with Gasteiger partial charge in [0.15, 0.2) is 0 Å². The van der Waals surface area contributed by atoms with Crippen LogP contribution in [0.15, 0.2) is 11.8 Å². The van der Waals surface area contributed by atoms with Crippen LogP contribution in [0.3, 0.4) is 0 Å². The van der Waals surface area contributed by atoms with Crippen LogP contribution in [0.5, 0.6) is 0 Å². The molecule has 0 amide bonds. The number of nitrogens with one attached hydrogen (secondary N) is 1. The maximum Gasteiger partial charge on any atom is 0.0178 e. The zero-order valence-electron chi connectivity index (χ0n) is 5.57. The summed E-state index contributed by atoms with van der Waals surface area (Å²) in [6, 6.07) is 0. The Balaban J connectivity index is 3.12. The van der Waals surface area contributed by atoms with Gasteiger partial charge in [0.2, 0.25) is 0 Å². The summed E-state index contributed by atoms with van der Waals surface area (Å²) in [6.45, 7) is 5.99. The van der Waals surface area contributed by atoms with E-state index in [1.165, 1.54) is 5.57 Å². The molecule has 2 nitrogen and oxygen atoms in total. The lowest BCUT2D eigenvalue weighted by molar-refractivity contribution is 0.774. The largest absolute Gasteiger partial charge is 0.405 e. The minimum Gasteiger partial charge on any atom is -0.405 e. The molecular weight excluding hydrogens is 100 g/mol. The summed E-state index contributed by atoms with van der Waals surface area (Å²) in [5.74, 6) is 0. The first-order valence-corrected chi connectivity index (χ1v) is 2.89. The van der Waals surface area contributed by atoms with Crippen molar-refractivity contribution >= 4 is 0 Å². The van der Waals surface area contributed by atoms with Gasteiger partial charge in [-0.1, -0.05) is 6.92 Å². The number of likely N-dealkylation sites (N-methyl/N-ethyl adjacent to an activating group) is 1. The van der Waals surface area contributed by atoms with E-state index in [2.05, 4.69) is 12.2 Å². The second-order valence-corrected chi connectivity index (χ2v) is 1.79. The van der Waals surface area contributed by atoms with Crippen LogP contribution < -0.4 is 11.1 Å². The predicted octanol–water partition coefficient (Wildman–Crippen LogP) is 0.458. The average Bonchev–Trinajstić information content (AvgIpc) is 1.83. The Labute approximate surface area is 50.8 Å². The summed E-state index contributed by atoms with van der Waals surface area (Å²) in [4.78, 5) is 0. The van der Waals surface area contributed by atoms with Crippen LogP contribution in [-0.2, 0) is 0 Å². The number of rotatable bonds is 3. The second kappa shape index (κ2) is 4.65. The molecule has 0 saturated carbocycles. The van der Waals surface area contributed by atoms with Crippen LogP contribution in [0.2, 0.25) is 0 Å². The van der Waals surface area contributed by atoms with Gasteiger partial charge in [-0.25, -0.2) is 0 Å². The summed E-state index contributed by atoms with van der Waals surface area (Å²) in [5.41, 5.74) is 6.40. The summed E-state index contributed by atoms with van der Waals surface area (Å²) in [6.07, 6.45) is 1.63. The highest BCUT2D eigenvalue weighted by Gasteiger charge is 1.82. The molecule has 0 rings (SSSR count). The molecule has 0 aliphatic rings. The summed E-state index contributed by atoms with van der Waals surface area (Å²) < 4.78 is 0. The van der Waals surface area contributed by atoms with Gasteiger partial charge in [0.1, 0.15) is 0 Å². The molecule has 0 aliphatic carbocycles. The van der Waals surface area contributed by atoms with Gasteiger partial charge in [0.05, 0.1) is 0 Å². The van der Waals surface area contributed by atoms with Gasteiger partial charge in [-0.2, -0.15) is 0 Å². The third-order valence-corrected chi connectivity index (χ3v) is 0.938. The van der Waals surface area contributed by atoms with Gasteiger partial charge in [-0.3, -0.25) is 0 Å². The first-order valence-electron chi connectivity index (χ1n) is 2.89. The monoisotopic (exact) mass is 114 g/mol. The molecule has 0 atom stereocenters. The van der Waals surface area contributed by atoms with E-state index in [4.69, 9.17) is 5.73 Å². The third kappa shape index (κ3) is 3.68. The van der Waals surface area contributed by atoms with Crippen molar-refractivity contribution in [1.29, 1.82) is 0 Å². The van der Waals surface area contributed by atoms with E-state index < -0.39 is 0 Å². The molecule has 0 aliphatic heterocycles. The Kier molecular flexibility index (Phi) is 4.36. The molecule has 3 N–H and O–H groups in total. The summed E-state index contributed by atoms with van der Waals surface area (Å²) in [5, 5.41) is 3.15. The fraction of sp³-hybridized carbons (Fsp3) is 0.667. The summed E-state index contributed by atoms with van der Waals surface area (Å²) in [7, 11) is 0. The van der Waals surface area contributed by atoms with Gasteiger partial charge in [0.25, 0.3) is 0 Å². The fourth-order valence-electron chi connectivity index (χ4n) is 0.381. The lowest BCUT2D eigenvalue weighted by Gasteiger charge is -1.97. The Bertz CT molecular complexity index is 76.6. The molecule has 0 spiro atoms. The first-order chi connectivity index (χ1) is 3.81. The van der Waals surface area contributed by atoms with Crippen LogP contribution in [0, 0.1) is 0 Å². The lowest BCUT2D eigenvalue weighted by Crippen LogP contribution is -2.15. The molecule has 0 bridgehead atoms. The van der Waals surface area contributed by atoms with Crippen LogP contribution in [0.1, 0.15) is 13.8 Å². The number of hydrogen-bond donors (Lipinski definition) is 2. The zero-order chi connectivity index (χ0) is 6.41. The Morgan fingerprint density at radius 3 is 2.75 bits per heavy atom. The van der Waals surface area contributed by atoms with Gasteiger partial charge >= 0.3 is 0 Å². The van der Waals surface area contributed by atoms with E-state index in [1.807, 2.05) is 6.92 Å². The Hall–Kier alpha value is -0.500. The van der Waals surface area contributed by atoms with Crippen LogP contribution in [0.4, 0.5) is 0 Å². The molecular formula is C6H14N2. The van der Waals surface area contributed by atoms with E-state index in [0.717, 1.165) is 13.1 Å². The van der Waals surface area contributed by atoms with Crippen molar-refractivity contribution < 1.29 is 0 Å². The SMILES string of the molecule is CCNC/C(C)=C\N. The van der Waals surface area contributed by atoms with E-state index in [9.17, 15) is 0 Å². The minimum absolute atomic E-state index is 0.910. The van der Waals surface area contributed by atoms with E-state index >= 15 is 0 Å². The summed E-state index contributed by atoms with van der Waals surface area (Å²) >= 11 is 0. The van der Waals surface area contributed by atoms with Crippen molar-refractivity contribution in [1.82, 2.24) is 5.32 Å². The molecule has 48 valence electrons. The van der Waals surface area contributed by atoms with Crippen LogP contribution >= 0.6 is 0 Å². The second-order valence-electron chi connectivity index (χ2n) is 1.79. The smallest absolute Gasteiger partial charge is 0.0178 e. The van der Waals surface area contributed by atoms with Crippen molar-refractivity contribution in [2.45, 2.75) is 13.8 Å². The third-order valence-electron chi connectivity index (χ3n) is 0.938. The molecule has 0 aromatic rings. The molecule has 0 unspecified atom stereocenters. The standard InChI is InChI=1S/C6H14N2/c1-3-8-5-6(2)4-7/h4,8H,3,5,7H2,1-2H3/b6-4-. The molecule has 0 radical (unpaired) electrons. The molecule has 2 heteroatoms. The average molecular weight is 114 g/mol. The maximum atomic E-state index is 5.21. The molecule has 0 saturated heterocycles. The lowest BCUT2D eigenvalue weighted by atomic mass is 10.3. The Morgan fingerprint density at radius 1 is 1.75 bits per heavy atom. The molecule has 8 heavy (non-hydrogen) atoms. The molecule has 0 aromatic heterocycles. The van der Waals surface area contributed by atoms with Gasteiger partial charge in [0, 0.05) is 6.54 Å². The van der Waals surface area contributed by atoms with Crippen molar-refractivity contribution in [3.05, 3.63) is 11.8 Å². The maximum absolute atomic E-state index is 5.21. The van der Waals surface area contributed by atoms with Gasteiger partial charge < -0.3 is 11.1 Å². The molecule has 0 fully saturated rings. The van der Waals surface area contributed by atoms with E-state index in [-0.39, 0.29) is 0 Å². The van der Waals surface area contributed by atoms with Crippen molar-refractivity contribution in [2.75, 3.05) is 13.1 Å². The Morgan fingerprint density at radius 2 is 2.38 bits per heavy atom. The normalized spacial score (nSPS) is 12.0. The molecule has 0 aromatic carbocycles. The van der Waals surface area contributed by atoms with E-state index in [0.29, 0.717) is 0 Å². The first kappa shape index (κ1) is 7.50. The van der Waals surface area contributed by atoms with Crippen molar-refractivity contribution in [3.63, 3.8) is 0 Å². The predicted molar refractivity (Wildman–Crippen MR) is 36.5 cm³/mol. The minimum atomic E-state index is 0.910. The highest BCUT2D eigenvalue weighted by atomic mass is 14.8. The number of nitrogens with two attached hydrogens (primary N) is 1.